The van der Waals surface area contributed by atoms with Crippen LogP contribution in [0.2, 0.25) is 0 Å². The lowest BCUT2D eigenvalue weighted by atomic mass is 9.96. The van der Waals surface area contributed by atoms with Crippen LogP contribution in [-0.2, 0) is 22.4 Å². The van der Waals surface area contributed by atoms with Gasteiger partial charge in [0.25, 0.3) is 0 Å². The van der Waals surface area contributed by atoms with Crippen molar-refractivity contribution in [3.8, 4) is 6.07 Å². The average Bonchev–Trinajstić information content (AvgIpc) is 3.40. The standard InChI is InChI=1S/C22H20N4O2S2/c1-12-24-17-9-14(6-7-19(17)29-12)26-11-13(8-20(26)27)21(28)25-22-16(10-23)15-4-2-3-5-18(15)30-22/h6-7,9,13H,2-5,8,11H2,1H3,(H,25,28). The number of amides is 2. The highest BCUT2D eigenvalue weighted by Gasteiger charge is 2.36. The first-order valence-electron chi connectivity index (χ1n) is 10.1. The van der Waals surface area contributed by atoms with Crippen LogP contribution in [0.3, 0.4) is 0 Å². The van der Waals surface area contributed by atoms with Crippen LogP contribution >= 0.6 is 22.7 Å². The molecule has 1 aromatic carbocycles. The smallest absolute Gasteiger partial charge is 0.230 e. The van der Waals surface area contributed by atoms with Gasteiger partial charge in [0.2, 0.25) is 11.8 Å². The van der Waals surface area contributed by atoms with Gasteiger partial charge in [-0.2, -0.15) is 5.26 Å². The maximum atomic E-state index is 12.9. The Hall–Kier alpha value is -2.76. The van der Waals surface area contributed by atoms with Crippen LogP contribution in [-0.4, -0.2) is 23.3 Å². The van der Waals surface area contributed by atoms with E-state index < -0.39 is 5.92 Å². The zero-order valence-electron chi connectivity index (χ0n) is 16.5. The largest absolute Gasteiger partial charge is 0.316 e. The molecule has 5 rings (SSSR count). The Morgan fingerprint density at radius 3 is 2.97 bits per heavy atom. The van der Waals surface area contributed by atoms with Crippen molar-refractivity contribution in [2.75, 3.05) is 16.8 Å². The molecule has 8 heteroatoms. The van der Waals surface area contributed by atoms with Gasteiger partial charge in [0, 0.05) is 23.5 Å². The molecule has 3 aromatic rings. The molecule has 1 unspecified atom stereocenters. The Kier molecular flexibility index (Phi) is 4.80. The number of rotatable bonds is 3. The molecule has 1 fully saturated rings. The Bertz CT molecular complexity index is 1220. The summed E-state index contributed by atoms with van der Waals surface area (Å²) in [5.74, 6) is -0.685. The Morgan fingerprint density at radius 1 is 1.30 bits per heavy atom. The lowest BCUT2D eigenvalue weighted by Gasteiger charge is -2.16. The summed E-state index contributed by atoms with van der Waals surface area (Å²) >= 11 is 3.14. The summed E-state index contributed by atoms with van der Waals surface area (Å²) in [6.45, 7) is 2.30. The van der Waals surface area contributed by atoms with Crippen molar-refractivity contribution in [1.29, 1.82) is 5.26 Å². The van der Waals surface area contributed by atoms with E-state index in [-0.39, 0.29) is 18.2 Å². The number of thiazole rings is 1. The molecule has 0 saturated carbocycles. The van der Waals surface area contributed by atoms with Crippen molar-refractivity contribution in [2.24, 2.45) is 5.92 Å². The van der Waals surface area contributed by atoms with Gasteiger partial charge in [0.15, 0.2) is 0 Å². The van der Waals surface area contributed by atoms with Crippen molar-refractivity contribution >= 4 is 55.4 Å². The number of carbonyl (C=O) groups excluding carboxylic acids is 2. The van der Waals surface area contributed by atoms with E-state index in [0.29, 0.717) is 17.1 Å². The van der Waals surface area contributed by atoms with Crippen LogP contribution in [0.4, 0.5) is 10.7 Å². The number of nitrogens with zero attached hydrogens (tertiary/aromatic N) is 3. The summed E-state index contributed by atoms with van der Waals surface area (Å²) in [6, 6.07) is 8.08. The van der Waals surface area contributed by atoms with E-state index >= 15 is 0 Å². The molecule has 0 spiro atoms. The molecule has 6 nitrogen and oxygen atoms in total. The second kappa shape index (κ2) is 7.49. The molecule has 1 N–H and O–H groups in total. The van der Waals surface area contributed by atoms with Gasteiger partial charge in [-0.15, -0.1) is 22.7 Å². The number of anilines is 2. The van der Waals surface area contributed by atoms with Crippen LogP contribution in [0, 0.1) is 24.2 Å². The van der Waals surface area contributed by atoms with Crippen LogP contribution in [0.25, 0.3) is 10.2 Å². The minimum Gasteiger partial charge on any atom is -0.316 e. The summed E-state index contributed by atoms with van der Waals surface area (Å²) in [5.41, 5.74) is 3.35. The molecule has 30 heavy (non-hydrogen) atoms. The molecule has 0 bridgehead atoms. The molecule has 1 aliphatic carbocycles. The highest BCUT2D eigenvalue weighted by atomic mass is 32.1. The molecule has 2 aliphatic rings. The van der Waals surface area contributed by atoms with Crippen molar-refractivity contribution in [1.82, 2.24) is 4.98 Å². The monoisotopic (exact) mass is 436 g/mol. The number of aromatic nitrogens is 1. The van der Waals surface area contributed by atoms with Crippen LogP contribution in [0.15, 0.2) is 18.2 Å². The van der Waals surface area contributed by atoms with E-state index in [1.807, 2.05) is 25.1 Å². The molecule has 1 aliphatic heterocycles. The van der Waals surface area contributed by atoms with E-state index in [2.05, 4.69) is 16.4 Å². The SMILES string of the molecule is Cc1nc2cc(N3CC(C(=O)Nc4sc5c(c4C#N)CCCC5)CC3=O)ccc2s1. The summed E-state index contributed by atoms with van der Waals surface area (Å²) in [4.78, 5) is 33.0. The number of hydrogen-bond donors (Lipinski definition) is 1. The van der Waals surface area contributed by atoms with Gasteiger partial charge in [0.05, 0.1) is 26.7 Å². The zero-order valence-corrected chi connectivity index (χ0v) is 18.2. The second-order valence-electron chi connectivity index (χ2n) is 7.81. The molecule has 0 radical (unpaired) electrons. The van der Waals surface area contributed by atoms with Crippen molar-refractivity contribution in [3.05, 3.63) is 39.2 Å². The number of aryl methyl sites for hydroxylation is 2. The quantitative estimate of drug-likeness (QED) is 0.659. The first-order chi connectivity index (χ1) is 14.5. The number of thiophene rings is 1. The first-order valence-corrected chi connectivity index (χ1v) is 11.7. The average molecular weight is 437 g/mol. The third kappa shape index (κ3) is 3.28. The molecule has 152 valence electrons. The van der Waals surface area contributed by atoms with Crippen LogP contribution < -0.4 is 10.2 Å². The van der Waals surface area contributed by atoms with Crippen molar-refractivity contribution in [3.63, 3.8) is 0 Å². The molecular formula is C22H20N4O2S2. The second-order valence-corrected chi connectivity index (χ2v) is 10.1. The normalized spacial score (nSPS) is 18.5. The number of nitriles is 1. The fourth-order valence-electron chi connectivity index (χ4n) is 4.32. The van der Waals surface area contributed by atoms with Gasteiger partial charge in [-0.1, -0.05) is 0 Å². The highest BCUT2D eigenvalue weighted by molar-refractivity contribution is 7.18. The van der Waals surface area contributed by atoms with E-state index in [1.54, 1.807) is 16.2 Å². The topological polar surface area (TPSA) is 86.1 Å². The summed E-state index contributed by atoms with van der Waals surface area (Å²) in [5, 5.41) is 14.2. The van der Waals surface area contributed by atoms with E-state index in [0.717, 1.165) is 52.2 Å². The minimum absolute atomic E-state index is 0.0626. The van der Waals surface area contributed by atoms with E-state index in [1.165, 1.54) is 16.2 Å². The predicted molar refractivity (Wildman–Crippen MR) is 119 cm³/mol. The summed E-state index contributed by atoms with van der Waals surface area (Å²) in [7, 11) is 0. The van der Waals surface area contributed by atoms with E-state index in [4.69, 9.17) is 0 Å². The Morgan fingerprint density at radius 2 is 2.13 bits per heavy atom. The Labute approximate surface area is 182 Å². The van der Waals surface area contributed by atoms with Crippen molar-refractivity contribution < 1.29 is 9.59 Å². The van der Waals surface area contributed by atoms with Crippen molar-refractivity contribution in [2.45, 2.75) is 39.0 Å². The van der Waals surface area contributed by atoms with Crippen LogP contribution in [0.1, 0.15) is 40.3 Å². The first kappa shape index (κ1) is 19.2. The lowest BCUT2D eigenvalue weighted by molar-refractivity contribution is -0.122. The minimum atomic E-state index is -0.434. The fourth-order valence-corrected chi connectivity index (χ4v) is 6.37. The van der Waals surface area contributed by atoms with Gasteiger partial charge >= 0.3 is 0 Å². The van der Waals surface area contributed by atoms with Gasteiger partial charge in [-0.05, 0) is 56.4 Å². The summed E-state index contributed by atoms with van der Waals surface area (Å²) in [6.07, 6.45) is 4.26. The van der Waals surface area contributed by atoms with Gasteiger partial charge in [-0.25, -0.2) is 4.98 Å². The summed E-state index contributed by atoms with van der Waals surface area (Å²) < 4.78 is 1.09. The van der Waals surface area contributed by atoms with E-state index in [9.17, 15) is 14.9 Å². The molecular weight excluding hydrogens is 416 g/mol. The third-order valence-electron chi connectivity index (χ3n) is 5.81. The number of benzene rings is 1. The number of nitrogens with one attached hydrogen (secondary N) is 1. The number of fused-ring (bicyclic) bond motifs is 2. The number of carbonyl (C=O) groups is 2. The Balaban J connectivity index is 1.34. The lowest BCUT2D eigenvalue weighted by Crippen LogP contribution is -2.28. The maximum absolute atomic E-state index is 12.9. The van der Waals surface area contributed by atoms with Gasteiger partial charge < -0.3 is 10.2 Å². The maximum Gasteiger partial charge on any atom is 0.230 e. The molecule has 1 saturated heterocycles. The predicted octanol–water partition coefficient (Wildman–Crippen LogP) is 4.41. The fraction of sp³-hybridized carbons (Fsp3) is 0.364. The molecule has 2 amide bonds. The number of hydrogen-bond acceptors (Lipinski definition) is 6. The zero-order chi connectivity index (χ0) is 20.8. The molecule has 1 atom stereocenters. The van der Waals surface area contributed by atoms with Crippen LogP contribution in [0.5, 0.6) is 0 Å². The molecule has 2 aromatic heterocycles. The highest BCUT2D eigenvalue weighted by Crippen LogP contribution is 2.38. The third-order valence-corrected chi connectivity index (χ3v) is 7.96. The molecule has 3 heterocycles. The van der Waals surface area contributed by atoms with Gasteiger partial charge in [0.1, 0.15) is 11.1 Å². The van der Waals surface area contributed by atoms with Gasteiger partial charge in [-0.3, -0.25) is 9.59 Å².